The first kappa shape index (κ1) is 18.2. The van der Waals surface area contributed by atoms with E-state index >= 15 is 0 Å². The minimum atomic E-state index is 0.464. The molecule has 0 amide bonds. The van der Waals surface area contributed by atoms with E-state index in [1.165, 1.54) is 38.6 Å². The van der Waals surface area contributed by atoms with E-state index in [4.69, 9.17) is 9.47 Å². The van der Waals surface area contributed by atoms with Crippen molar-refractivity contribution < 1.29 is 9.47 Å². The molecular weight excluding hydrogens is 274 g/mol. The Hall–Kier alpha value is -0.120. The molecule has 0 aromatic heterocycles. The minimum Gasteiger partial charge on any atom is -0.379 e. The van der Waals surface area contributed by atoms with Gasteiger partial charge in [-0.2, -0.15) is 0 Å². The zero-order chi connectivity index (χ0) is 16.0. The SMILES string of the molecule is CC(C)CC[C@@]1(CCN2CCOCC2)CCO[C@@H](C(C)C)C1. The van der Waals surface area contributed by atoms with Gasteiger partial charge in [-0.15, -0.1) is 0 Å². The van der Waals surface area contributed by atoms with E-state index in [2.05, 4.69) is 32.6 Å². The van der Waals surface area contributed by atoms with E-state index in [0.717, 1.165) is 38.8 Å². The third-order valence-electron chi connectivity index (χ3n) is 5.66. The highest BCUT2D eigenvalue weighted by molar-refractivity contribution is 4.88. The maximum Gasteiger partial charge on any atom is 0.0603 e. The summed E-state index contributed by atoms with van der Waals surface area (Å²) in [6.45, 7) is 15.6. The molecule has 2 aliphatic rings. The van der Waals surface area contributed by atoms with Gasteiger partial charge in [-0.25, -0.2) is 0 Å². The highest BCUT2D eigenvalue weighted by Gasteiger charge is 2.37. The van der Waals surface area contributed by atoms with Gasteiger partial charge in [0.1, 0.15) is 0 Å². The van der Waals surface area contributed by atoms with Crippen LogP contribution in [0.2, 0.25) is 0 Å². The van der Waals surface area contributed by atoms with Gasteiger partial charge in [-0.05, 0) is 49.5 Å². The van der Waals surface area contributed by atoms with Crippen molar-refractivity contribution in [3.8, 4) is 0 Å². The molecule has 2 aliphatic heterocycles. The third kappa shape index (κ3) is 5.50. The van der Waals surface area contributed by atoms with Crippen molar-refractivity contribution in [1.29, 1.82) is 0 Å². The summed E-state index contributed by atoms with van der Waals surface area (Å²) in [5.74, 6) is 1.45. The molecule has 130 valence electrons. The van der Waals surface area contributed by atoms with Gasteiger partial charge in [-0.3, -0.25) is 4.90 Å². The number of hydrogen-bond donors (Lipinski definition) is 0. The first-order valence-corrected chi connectivity index (χ1v) is 9.42. The molecule has 0 N–H and O–H groups in total. The Bertz CT molecular complexity index is 313. The Balaban J connectivity index is 1.94. The van der Waals surface area contributed by atoms with E-state index < -0.39 is 0 Å². The maximum atomic E-state index is 6.06. The molecule has 0 bridgehead atoms. The summed E-state index contributed by atoms with van der Waals surface area (Å²) >= 11 is 0. The molecular formula is C19H37NO2. The second-order valence-electron chi connectivity index (χ2n) is 8.24. The van der Waals surface area contributed by atoms with E-state index in [9.17, 15) is 0 Å². The van der Waals surface area contributed by atoms with Crippen LogP contribution in [0.5, 0.6) is 0 Å². The lowest BCUT2D eigenvalue weighted by Crippen LogP contribution is -2.42. The molecule has 2 heterocycles. The second-order valence-corrected chi connectivity index (χ2v) is 8.24. The Morgan fingerprint density at radius 2 is 1.77 bits per heavy atom. The van der Waals surface area contributed by atoms with Crippen molar-refractivity contribution in [2.45, 2.75) is 65.9 Å². The smallest absolute Gasteiger partial charge is 0.0603 e. The molecule has 2 fully saturated rings. The average molecular weight is 312 g/mol. The fourth-order valence-corrected chi connectivity index (χ4v) is 3.84. The van der Waals surface area contributed by atoms with Crippen molar-refractivity contribution in [1.82, 2.24) is 4.90 Å². The summed E-state index contributed by atoms with van der Waals surface area (Å²) < 4.78 is 11.5. The Morgan fingerprint density at radius 1 is 1.05 bits per heavy atom. The van der Waals surface area contributed by atoms with E-state index in [1.807, 2.05) is 0 Å². The zero-order valence-corrected chi connectivity index (χ0v) is 15.3. The zero-order valence-electron chi connectivity index (χ0n) is 15.3. The van der Waals surface area contributed by atoms with Crippen LogP contribution < -0.4 is 0 Å². The van der Waals surface area contributed by atoms with Crippen LogP contribution in [0.4, 0.5) is 0 Å². The van der Waals surface area contributed by atoms with Gasteiger partial charge in [0.2, 0.25) is 0 Å². The summed E-state index contributed by atoms with van der Waals surface area (Å²) in [6, 6.07) is 0. The maximum absolute atomic E-state index is 6.06. The molecule has 0 unspecified atom stereocenters. The molecule has 0 radical (unpaired) electrons. The van der Waals surface area contributed by atoms with Crippen LogP contribution in [0, 0.1) is 17.3 Å². The van der Waals surface area contributed by atoms with Crippen molar-refractivity contribution in [2.24, 2.45) is 17.3 Å². The first-order valence-electron chi connectivity index (χ1n) is 9.42. The molecule has 3 heteroatoms. The normalized spacial score (nSPS) is 31.1. The molecule has 0 spiro atoms. The first-order chi connectivity index (χ1) is 10.5. The lowest BCUT2D eigenvalue weighted by molar-refractivity contribution is -0.0802. The molecule has 0 aromatic rings. The van der Waals surface area contributed by atoms with Gasteiger partial charge in [0.05, 0.1) is 19.3 Å². The van der Waals surface area contributed by atoms with Crippen LogP contribution >= 0.6 is 0 Å². The van der Waals surface area contributed by atoms with Gasteiger partial charge >= 0.3 is 0 Å². The molecule has 22 heavy (non-hydrogen) atoms. The van der Waals surface area contributed by atoms with Crippen LogP contribution in [-0.4, -0.2) is 50.5 Å². The van der Waals surface area contributed by atoms with Crippen LogP contribution in [0.1, 0.15) is 59.8 Å². The number of ether oxygens (including phenoxy) is 2. The van der Waals surface area contributed by atoms with Crippen LogP contribution in [0.25, 0.3) is 0 Å². The molecule has 3 nitrogen and oxygen atoms in total. The van der Waals surface area contributed by atoms with Gasteiger partial charge in [0.25, 0.3) is 0 Å². The third-order valence-corrected chi connectivity index (χ3v) is 5.66. The summed E-state index contributed by atoms with van der Waals surface area (Å²) in [5, 5.41) is 0. The van der Waals surface area contributed by atoms with Crippen molar-refractivity contribution in [2.75, 3.05) is 39.5 Å². The molecule has 0 aliphatic carbocycles. The highest BCUT2D eigenvalue weighted by atomic mass is 16.5. The second kappa shape index (κ2) is 8.65. The molecule has 2 rings (SSSR count). The number of morpholine rings is 1. The van der Waals surface area contributed by atoms with Gasteiger partial charge in [0, 0.05) is 19.7 Å². The predicted octanol–water partition coefficient (Wildman–Crippen LogP) is 3.97. The monoisotopic (exact) mass is 311 g/mol. The van der Waals surface area contributed by atoms with Gasteiger partial charge in [-0.1, -0.05) is 34.1 Å². The Morgan fingerprint density at radius 3 is 2.41 bits per heavy atom. The fourth-order valence-electron chi connectivity index (χ4n) is 3.84. The predicted molar refractivity (Wildman–Crippen MR) is 92.2 cm³/mol. The highest BCUT2D eigenvalue weighted by Crippen LogP contribution is 2.43. The lowest BCUT2D eigenvalue weighted by Gasteiger charge is -2.44. The Kier molecular flexibility index (Phi) is 7.17. The van der Waals surface area contributed by atoms with Gasteiger partial charge < -0.3 is 9.47 Å². The summed E-state index contributed by atoms with van der Waals surface area (Å²) in [4.78, 5) is 2.60. The van der Waals surface area contributed by atoms with Crippen LogP contribution in [-0.2, 0) is 9.47 Å². The molecule has 0 saturated carbocycles. The van der Waals surface area contributed by atoms with Crippen molar-refractivity contribution in [3.05, 3.63) is 0 Å². The summed E-state index contributed by atoms with van der Waals surface area (Å²) in [6.07, 6.45) is 7.06. The van der Waals surface area contributed by atoms with E-state index in [1.54, 1.807) is 0 Å². The van der Waals surface area contributed by atoms with Gasteiger partial charge in [0.15, 0.2) is 0 Å². The largest absolute Gasteiger partial charge is 0.379 e. The van der Waals surface area contributed by atoms with Crippen LogP contribution in [0.3, 0.4) is 0 Å². The molecule has 0 aromatic carbocycles. The number of nitrogens with zero attached hydrogens (tertiary/aromatic N) is 1. The van der Waals surface area contributed by atoms with E-state index in [0.29, 0.717) is 17.4 Å². The van der Waals surface area contributed by atoms with Crippen LogP contribution in [0.15, 0.2) is 0 Å². The fraction of sp³-hybridized carbons (Fsp3) is 1.00. The molecule has 2 atom stereocenters. The summed E-state index contributed by atoms with van der Waals surface area (Å²) in [7, 11) is 0. The van der Waals surface area contributed by atoms with Crippen molar-refractivity contribution >= 4 is 0 Å². The topological polar surface area (TPSA) is 21.7 Å². The molecule has 2 saturated heterocycles. The van der Waals surface area contributed by atoms with E-state index in [-0.39, 0.29) is 0 Å². The number of rotatable bonds is 7. The number of hydrogen-bond acceptors (Lipinski definition) is 3. The standard InChI is InChI=1S/C19H37NO2/c1-16(2)5-6-19(7-9-20-10-13-21-14-11-20)8-12-22-18(15-19)17(3)4/h16-18H,5-15H2,1-4H3/t18-,19-/m1/s1. The summed E-state index contributed by atoms with van der Waals surface area (Å²) in [5.41, 5.74) is 0.510. The lowest BCUT2D eigenvalue weighted by atomic mass is 9.69. The minimum absolute atomic E-state index is 0.464. The quantitative estimate of drug-likeness (QED) is 0.710. The Labute approximate surface area is 137 Å². The van der Waals surface area contributed by atoms with Crippen molar-refractivity contribution in [3.63, 3.8) is 0 Å². The average Bonchev–Trinajstić information content (AvgIpc) is 2.52.